The number of benzene rings is 1. The summed E-state index contributed by atoms with van der Waals surface area (Å²) in [7, 11) is 0. The minimum absolute atomic E-state index is 0.0424. The first kappa shape index (κ1) is 14.5. The topological polar surface area (TPSA) is 45.1 Å². The molecule has 1 aromatic heterocycles. The van der Waals surface area contributed by atoms with E-state index in [4.69, 9.17) is 0 Å². The van der Waals surface area contributed by atoms with Crippen molar-refractivity contribution < 1.29 is 5.11 Å². The molecule has 106 valence electrons. The quantitative estimate of drug-likeness (QED) is 0.877. The molecule has 3 heteroatoms. The van der Waals surface area contributed by atoms with Crippen LogP contribution < -0.4 is 5.32 Å². The van der Waals surface area contributed by atoms with E-state index in [1.807, 2.05) is 19.1 Å². The summed E-state index contributed by atoms with van der Waals surface area (Å²) in [5.74, 6) is 0.251. The highest BCUT2D eigenvalue weighted by atomic mass is 16.3. The molecule has 0 atom stereocenters. The van der Waals surface area contributed by atoms with Crippen LogP contribution in [-0.2, 0) is 12.0 Å². The molecule has 1 aromatic carbocycles. The van der Waals surface area contributed by atoms with E-state index in [-0.39, 0.29) is 11.2 Å². The summed E-state index contributed by atoms with van der Waals surface area (Å²) in [6, 6.07) is 13.9. The zero-order chi connectivity index (χ0) is 14.6. The van der Waals surface area contributed by atoms with Crippen molar-refractivity contribution in [3.63, 3.8) is 0 Å². The van der Waals surface area contributed by atoms with Gasteiger partial charge in [0.15, 0.2) is 0 Å². The van der Waals surface area contributed by atoms with Gasteiger partial charge in [-0.2, -0.15) is 0 Å². The first-order chi connectivity index (χ1) is 9.49. The number of pyridine rings is 1. The number of aromatic nitrogens is 1. The number of aryl methyl sites for hydroxylation is 1. The third-order valence-electron chi connectivity index (χ3n) is 3.50. The monoisotopic (exact) mass is 270 g/mol. The Balaban J connectivity index is 1.97. The Hall–Kier alpha value is -1.87. The highest BCUT2D eigenvalue weighted by Crippen LogP contribution is 2.22. The Morgan fingerprint density at radius 3 is 2.50 bits per heavy atom. The van der Waals surface area contributed by atoms with Crippen molar-refractivity contribution in [2.24, 2.45) is 0 Å². The molecule has 0 spiro atoms. The molecule has 20 heavy (non-hydrogen) atoms. The molecule has 0 unspecified atom stereocenters. The molecule has 2 aromatic rings. The summed E-state index contributed by atoms with van der Waals surface area (Å²) >= 11 is 0. The van der Waals surface area contributed by atoms with E-state index >= 15 is 0 Å². The molecule has 1 heterocycles. The zero-order valence-electron chi connectivity index (χ0n) is 12.4. The fourth-order valence-corrected chi connectivity index (χ4v) is 2.22. The van der Waals surface area contributed by atoms with Gasteiger partial charge in [0.1, 0.15) is 5.75 Å². The summed E-state index contributed by atoms with van der Waals surface area (Å²) in [6.45, 7) is 7.74. The smallest absolute Gasteiger partial charge is 0.138 e. The van der Waals surface area contributed by atoms with Gasteiger partial charge in [0.05, 0.1) is 5.69 Å². The number of hydrogen-bond acceptors (Lipinski definition) is 3. The Bertz CT molecular complexity index is 564. The lowest BCUT2D eigenvalue weighted by Gasteiger charge is -2.25. The Labute approximate surface area is 120 Å². The van der Waals surface area contributed by atoms with Crippen molar-refractivity contribution in [3.05, 3.63) is 59.4 Å². The zero-order valence-corrected chi connectivity index (χ0v) is 12.4. The van der Waals surface area contributed by atoms with Crippen LogP contribution in [0.3, 0.4) is 0 Å². The van der Waals surface area contributed by atoms with Crippen LogP contribution in [0, 0.1) is 6.92 Å². The molecular formula is C17H22N2O. The molecule has 0 saturated carbocycles. The molecule has 0 saturated heterocycles. The molecule has 3 nitrogen and oxygen atoms in total. The summed E-state index contributed by atoms with van der Waals surface area (Å²) in [5.41, 5.74) is 2.96. The van der Waals surface area contributed by atoms with Gasteiger partial charge in [-0.25, -0.2) is 0 Å². The van der Waals surface area contributed by atoms with E-state index in [1.165, 1.54) is 5.56 Å². The van der Waals surface area contributed by atoms with Crippen LogP contribution in [0.4, 0.5) is 0 Å². The maximum atomic E-state index is 9.78. The van der Waals surface area contributed by atoms with Gasteiger partial charge in [-0.1, -0.05) is 44.2 Å². The molecule has 0 radical (unpaired) electrons. The lowest BCUT2D eigenvalue weighted by molar-refractivity contribution is 0.441. The lowest BCUT2D eigenvalue weighted by atomic mass is 9.84. The highest BCUT2D eigenvalue weighted by molar-refractivity contribution is 5.28. The van der Waals surface area contributed by atoms with Gasteiger partial charge >= 0.3 is 0 Å². The van der Waals surface area contributed by atoms with Crippen LogP contribution in [0.15, 0.2) is 42.5 Å². The standard InChI is InChI=1S/C17H22N2O/c1-13-9-10-16(20)15(19-13)11-18-12-17(2,3)14-7-5-4-6-8-14/h4-10,18,20H,11-12H2,1-3H3. The predicted molar refractivity (Wildman–Crippen MR) is 81.8 cm³/mol. The van der Waals surface area contributed by atoms with Gasteiger partial charge in [-0.3, -0.25) is 4.98 Å². The fourth-order valence-electron chi connectivity index (χ4n) is 2.22. The first-order valence-electron chi connectivity index (χ1n) is 6.91. The van der Waals surface area contributed by atoms with Crippen molar-refractivity contribution in [1.29, 1.82) is 0 Å². The molecule has 2 rings (SSSR count). The highest BCUT2D eigenvalue weighted by Gasteiger charge is 2.19. The molecule has 0 fully saturated rings. The van der Waals surface area contributed by atoms with Crippen molar-refractivity contribution in [1.82, 2.24) is 10.3 Å². The number of rotatable bonds is 5. The van der Waals surface area contributed by atoms with Crippen LogP contribution in [0.5, 0.6) is 5.75 Å². The predicted octanol–water partition coefficient (Wildman–Crippen LogP) is 3.16. The molecule has 0 bridgehead atoms. The number of nitrogens with zero attached hydrogens (tertiary/aromatic N) is 1. The third-order valence-corrected chi connectivity index (χ3v) is 3.50. The molecule has 0 aliphatic carbocycles. The van der Waals surface area contributed by atoms with Gasteiger partial charge in [-0.05, 0) is 24.6 Å². The van der Waals surface area contributed by atoms with Crippen LogP contribution in [0.1, 0.15) is 30.8 Å². The minimum atomic E-state index is 0.0424. The number of nitrogens with one attached hydrogen (secondary N) is 1. The summed E-state index contributed by atoms with van der Waals surface area (Å²) < 4.78 is 0. The molecule has 0 aliphatic rings. The maximum absolute atomic E-state index is 9.78. The molecule has 2 N–H and O–H groups in total. The van der Waals surface area contributed by atoms with Gasteiger partial charge in [0, 0.05) is 24.2 Å². The minimum Gasteiger partial charge on any atom is -0.506 e. The lowest BCUT2D eigenvalue weighted by Crippen LogP contribution is -2.32. The molecule has 0 amide bonds. The summed E-state index contributed by atoms with van der Waals surface area (Å²) in [4.78, 5) is 4.35. The molecular weight excluding hydrogens is 248 g/mol. The van der Waals surface area contributed by atoms with Crippen LogP contribution in [0.25, 0.3) is 0 Å². The van der Waals surface area contributed by atoms with Gasteiger partial charge in [0.25, 0.3) is 0 Å². The Morgan fingerprint density at radius 2 is 1.80 bits per heavy atom. The van der Waals surface area contributed by atoms with Gasteiger partial charge < -0.3 is 10.4 Å². The number of aromatic hydroxyl groups is 1. The second-order valence-corrected chi connectivity index (χ2v) is 5.77. The second kappa shape index (κ2) is 6.06. The van der Waals surface area contributed by atoms with E-state index in [1.54, 1.807) is 6.07 Å². The van der Waals surface area contributed by atoms with Gasteiger partial charge in [0.2, 0.25) is 0 Å². The summed E-state index contributed by atoms with van der Waals surface area (Å²) in [6.07, 6.45) is 0. The van der Waals surface area contributed by atoms with Crippen molar-refractivity contribution >= 4 is 0 Å². The van der Waals surface area contributed by atoms with Crippen LogP contribution in [-0.4, -0.2) is 16.6 Å². The fraction of sp³-hybridized carbons (Fsp3) is 0.353. The Kier molecular flexibility index (Phi) is 4.40. The van der Waals surface area contributed by atoms with E-state index < -0.39 is 0 Å². The van der Waals surface area contributed by atoms with E-state index in [2.05, 4.69) is 48.4 Å². The van der Waals surface area contributed by atoms with Crippen LogP contribution >= 0.6 is 0 Å². The molecule has 0 aliphatic heterocycles. The van der Waals surface area contributed by atoms with Crippen molar-refractivity contribution in [3.8, 4) is 5.75 Å². The average molecular weight is 270 g/mol. The van der Waals surface area contributed by atoms with E-state index in [0.717, 1.165) is 12.2 Å². The number of hydrogen-bond donors (Lipinski definition) is 2. The first-order valence-corrected chi connectivity index (χ1v) is 6.91. The van der Waals surface area contributed by atoms with E-state index in [9.17, 15) is 5.11 Å². The largest absolute Gasteiger partial charge is 0.506 e. The van der Waals surface area contributed by atoms with E-state index in [0.29, 0.717) is 12.2 Å². The maximum Gasteiger partial charge on any atom is 0.138 e. The van der Waals surface area contributed by atoms with Crippen LogP contribution in [0.2, 0.25) is 0 Å². The summed E-state index contributed by atoms with van der Waals surface area (Å²) in [5, 5.41) is 13.2. The normalized spacial score (nSPS) is 11.6. The Morgan fingerprint density at radius 1 is 1.10 bits per heavy atom. The third kappa shape index (κ3) is 3.58. The van der Waals surface area contributed by atoms with Crippen molar-refractivity contribution in [2.75, 3.05) is 6.54 Å². The SMILES string of the molecule is Cc1ccc(O)c(CNCC(C)(C)c2ccccc2)n1. The second-order valence-electron chi connectivity index (χ2n) is 5.77. The van der Waals surface area contributed by atoms with Crippen molar-refractivity contribution in [2.45, 2.75) is 32.7 Å². The van der Waals surface area contributed by atoms with Gasteiger partial charge in [-0.15, -0.1) is 0 Å². The average Bonchev–Trinajstić information content (AvgIpc) is 2.43.